The van der Waals surface area contributed by atoms with Gasteiger partial charge in [-0.25, -0.2) is 9.67 Å². The van der Waals surface area contributed by atoms with E-state index in [1.165, 1.54) is 22.4 Å². The lowest BCUT2D eigenvalue weighted by Gasteiger charge is -2.31. The van der Waals surface area contributed by atoms with Gasteiger partial charge in [0.1, 0.15) is 0 Å². The molecule has 0 radical (unpaired) electrons. The van der Waals surface area contributed by atoms with Gasteiger partial charge in [-0.05, 0) is 43.2 Å². The molecule has 142 valence electrons. The van der Waals surface area contributed by atoms with Crippen molar-refractivity contribution in [1.82, 2.24) is 4.68 Å². The molecule has 2 heterocycles. The number of morpholine rings is 1. The van der Waals surface area contributed by atoms with Crippen molar-refractivity contribution in [3.8, 4) is 11.3 Å². The van der Waals surface area contributed by atoms with Crippen molar-refractivity contribution in [2.24, 2.45) is 4.99 Å². The van der Waals surface area contributed by atoms with Crippen molar-refractivity contribution in [2.75, 3.05) is 31.3 Å². The van der Waals surface area contributed by atoms with Crippen molar-refractivity contribution < 1.29 is 4.74 Å². The minimum atomic E-state index is 0. The summed E-state index contributed by atoms with van der Waals surface area (Å²) in [5.41, 5.74) is 6.02. The summed E-state index contributed by atoms with van der Waals surface area (Å²) in [6, 6.07) is 16.8. The fraction of sp³-hybridized carbons (Fsp3) is 0.286. The Morgan fingerprint density at radius 3 is 2.41 bits per heavy atom. The highest BCUT2D eigenvalue weighted by Crippen LogP contribution is 2.24. The molecule has 1 saturated heterocycles. The quantitative estimate of drug-likeness (QED) is 0.588. The Morgan fingerprint density at radius 2 is 1.70 bits per heavy atom. The Morgan fingerprint density at radius 1 is 0.963 bits per heavy atom. The molecule has 27 heavy (non-hydrogen) atoms. The van der Waals surface area contributed by atoms with Gasteiger partial charge >= 0.3 is 0 Å². The Kier molecular flexibility index (Phi) is 6.52. The zero-order chi connectivity index (χ0) is 17.9. The summed E-state index contributed by atoms with van der Waals surface area (Å²) in [7, 11) is 0. The van der Waals surface area contributed by atoms with Crippen LogP contribution in [0.4, 0.5) is 5.69 Å². The predicted octanol–water partition coefficient (Wildman–Crippen LogP) is 4.61. The molecule has 1 aliphatic heterocycles. The average molecular weight is 446 g/mol. The third-order valence-corrected chi connectivity index (χ3v) is 5.56. The standard InChI is InChI=1S/C21H23N3OS.BrH/c1-16-8-9-18(14-17(16)2)20-15-26-21(22-19-6-4-3-5-7-19)24(20)23-10-12-25-13-11-23;/h3-9,14-15H,10-13H2,1-2H3;1H. The third-order valence-electron chi connectivity index (χ3n) is 4.74. The minimum absolute atomic E-state index is 0. The minimum Gasteiger partial charge on any atom is -0.378 e. The molecule has 1 fully saturated rings. The van der Waals surface area contributed by atoms with Crippen LogP contribution < -0.4 is 9.81 Å². The highest BCUT2D eigenvalue weighted by atomic mass is 79.9. The van der Waals surface area contributed by atoms with Gasteiger partial charge in [-0.1, -0.05) is 30.3 Å². The number of para-hydroxylation sites is 1. The van der Waals surface area contributed by atoms with Crippen LogP contribution in [0.1, 0.15) is 11.1 Å². The van der Waals surface area contributed by atoms with Gasteiger partial charge in [0.2, 0.25) is 4.80 Å². The lowest BCUT2D eigenvalue weighted by atomic mass is 10.1. The molecule has 0 saturated carbocycles. The van der Waals surface area contributed by atoms with E-state index in [4.69, 9.17) is 9.73 Å². The van der Waals surface area contributed by atoms with Crippen LogP contribution in [0, 0.1) is 13.8 Å². The molecule has 0 spiro atoms. The van der Waals surface area contributed by atoms with Crippen LogP contribution in [0.25, 0.3) is 11.3 Å². The maximum atomic E-state index is 5.55. The number of hydrogen-bond acceptors (Lipinski definition) is 4. The average Bonchev–Trinajstić information content (AvgIpc) is 3.09. The van der Waals surface area contributed by atoms with Gasteiger partial charge in [0, 0.05) is 10.9 Å². The molecule has 3 aromatic rings. The van der Waals surface area contributed by atoms with Gasteiger partial charge < -0.3 is 9.75 Å². The Hall–Kier alpha value is -1.89. The van der Waals surface area contributed by atoms with E-state index in [2.05, 4.69) is 47.1 Å². The Bertz CT molecular complexity index is 959. The molecule has 2 aromatic carbocycles. The van der Waals surface area contributed by atoms with Crippen LogP contribution in [-0.4, -0.2) is 31.0 Å². The Labute approximate surface area is 174 Å². The molecule has 0 amide bonds. The lowest BCUT2D eigenvalue weighted by Crippen LogP contribution is -2.48. The SMILES string of the molecule is Br.Cc1ccc(-c2csc(=Nc3ccccc3)n2N2CCOCC2)cc1C. The summed E-state index contributed by atoms with van der Waals surface area (Å²) < 4.78 is 7.82. The highest BCUT2D eigenvalue weighted by Gasteiger charge is 2.17. The topological polar surface area (TPSA) is 29.8 Å². The fourth-order valence-corrected chi connectivity index (χ4v) is 4.04. The number of ether oxygens (including phenoxy) is 1. The van der Waals surface area contributed by atoms with Crippen molar-refractivity contribution in [3.05, 3.63) is 69.8 Å². The van der Waals surface area contributed by atoms with E-state index in [9.17, 15) is 0 Å². The first-order valence-corrected chi connectivity index (χ1v) is 9.81. The molecular formula is C21H24BrN3OS. The summed E-state index contributed by atoms with van der Waals surface area (Å²) in [5, 5.41) is 4.55. The van der Waals surface area contributed by atoms with Gasteiger partial charge in [-0.15, -0.1) is 28.3 Å². The molecule has 4 rings (SSSR count). The van der Waals surface area contributed by atoms with Gasteiger partial charge in [-0.2, -0.15) is 0 Å². The van der Waals surface area contributed by atoms with Crippen LogP contribution >= 0.6 is 28.3 Å². The molecule has 0 N–H and O–H groups in total. The molecule has 6 heteroatoms. The molecule has 0 aliphatic carbocycles. The van der Waals surface area contributed by atoms with Crippen LogP contribution in [0.5, 0.6) is 0 Å². The van der Waals surface area contributed by atoms with E-state index >= 15 is 0 Å². The van der Waals surface area contributed by atoms with E-state index < -0.39 is 0 Å². The van der Waals surface area contributed by atoms with Crippen molar-refractivity contribution >= 4 is 34.0 Å². The lowest BCUT2D eigenvalue weighted by molar-refractivity contribution is 0.111. The first-order chi connectivity index (χ1) is 12.7. The summed E-state index contributed by atoms with van der Waals surface area (Å²) in [6.45, 7) is 7.56. The number of halogens is 1. The van der Waals surface area contributed by atoms with Crippen LogP contribution in [0.3, 0.4) is 0 Å². The van der Waals surface area contributed by atoms with Crippen molar-refractivity contribution in [1.29, 1.82) is 0 Å². The number of thiazole rings is 1. The zero-order valence-corrected chi connectivity index (χ0v) is 18.1. The number of hydrogen-bond donors (Lipinski definition) is 0. The predicted molar refractivity (Wildman–Crippen MR) is 118 cm³/mol. The molecule has 0 atom stereocenters. The number of benzene rings is 2. The molecule has 4 nitrogen and oxygen atoms in total. The number of aromatic nitrogens is 1. The maximum Gasteiger partial charge on any atom is 0.209 e. The Balaban J connectivity index is 0.00000210. The maximum absolute atomic E-state index is 5.55. The largest absolute Gasteiger partial charge is 0.378 e. The first kappa shape index (κ1) is 19.9. The first-order valence-electron chi connectivity index (χ1n) is 8.93. The second-order valence-electron chi connectivity index (χ2n) is 6.53. The number of rotatable bonds is 3. The summed E-state index contributed by atoms with van der Waals surface area (Å²) in [5.74, 6) is 0. The van der Waals surface area contributed by atoms with Crippen LogP contribution in [0.2, 0.25) is 0 Å². The van der Waals surface area contributed by atoms with E-state index in [0.717, 1.165) is 36.8 Å². The fourth-order valence-electron chi connectivity index (χ4n) is 3.12. The van der Waals surface area contributed by atoms with Gasteiger partial charge in [-0.3, -0.25) is 0 Å². The number of nitrogens with zero attached hydrogens (tertiary/aromatic N) is 3. The second kappa shape index (κ2) is 8.87. The van der Waals surface area contributed by atoms with E-state index in [0.29, 0.717) is 0 Å². The number of aryl methyl sites for hydroxylation is 2. The molecule has 0 unspecified atom stereocenters. The van der Waals surface area contributed by atoms with Gasteiger partial charge in [0.25, 0.3) is 0 Å². The van der Waals surface area contributed by atoms with Crippen molar-refractivity contribution in [2.45, 2.75) is 13.8 Å². The smallest absolute Gasteiger partial charge is 0.209 e. The van der Waals surface area contributed by atoms with Gasteiger partial charge in [0.05, 0.1) is 37.7 Å². The molecule has 0 bridgehead atoms. The highest BCUT2D eigenvalue weighted by molar-refractivity contribution is 8.93. The normalized spacial score (nSPS) is 14.9. The van der Waals surface area contributed by atoms with Crippen molar-refractivity contribution in [3.63, 3.8) is 0 Å². The zero-order valence-electron chi connectivity index (χ0n) is 15.6. The van der Waals surface area contributed by atoms with Gasteiger partial charge in [0.15, 0.2) is 0 Å². The van der Waals surface area contributed by atoms with E-state index in [-0.39, 0.29) is 17.0 Å². The summed E-state index contributed by atoms with van der Waals surface area (Å²) in [6.07, 6.45) is 0. The van der Waals surface area contributed by atoms with E-state index in [1.807, 2.05) is 30.3 Å². The van der Waals surface area contributed by atoms with E-state index in [1.54, 1.807) is 11.3 Å². The van der Waals surface area contributed by atoms with Crippen LogP contribution in [0.15, 0.2) is 58.9 Å². The molecular weight excluding hydrogens is 422 g/mol. The summed E-state index contributed by atoms with van der Waals surface area (Å²) >= 11 is 1.68. The molecule has 1 aliphatic rings. The third kappa shape index (κ3) is 4.34. The second-order valence-corrected chi connectivity index (χ2v) is 7.36. The molecule has 1 aromatic heterocycles. The monoisotopic (exact) mass is 445 g/mol. The van der Waals surface area contributed by atoms with Crippen LogP contribution in [-0.2, 0) is 4.74 Å². The summed E-state index contributed by atoms with van der Waals surface area (Å²) in [4.78, 5) is 5.89.